The third-order valence-corrected chi connectivity index (χ3v) is 2.21. The summed E-state index contributed by atoms with van der Waals surface area (Å²) in [5.41, 5.74) is 0. The molecule has 3 unspecified atom stereocenters. The molecule has 18 heavy (non-hydrogen) atoms. The van der Waals surface area contributed by atoms with E-state index in [1.165, 1.54) is 0 Å². The Morgan fingerprint density at radius 1 is 1.44 bits per heavy atom. The van der Waals surface area contributed by atoms with E-state index >= 15 is 0 Å². The molecule has 0 fully saturated rings. The smallest absolute Gasteiger partial charge is 0.323 e. The Bertz CT molecular complexity index is 276. The van der Waals surface area contributed by atoms with Crippen molar-refractivity contribution in [1.29, 1.82) is 5.26 Å². The summed E-state index contributed by atoms with van der Waals surface area (Å²) in [6, 6.07) is 1.82. The molecule has 1 N–H and O–H groups in total. The number of ether oxygens (including phenoxy) is 3. The van der Waals surface area contributed by atoms with Gasteiger partial charge < -0.3 is 19.3 Å². The lowest BCUT2D eigenvalue weighted by Gasteiger charge is -2.17. The minimum Gasteiger partial charge on any atom is -0.465 e. The van der Waals surface area contributed by atoms with Gasteiger partial charge in [0.2, 0.25) is 0 Å². The topological polar surface area (TPSA) is 88.8 Å². The van der Waals surface area contributed by atoms with E-state index in [-0.39, 0.29) is 25.7 Å². The summed E-state index contributed by atoms with van der Waals surface area (Å²) in [7, 11) is 1.56. The predicted octanol–water partition coefficient (Wildman–Crippen LogP) is 0.492. The molecule has 0 saturated heterocycles. The summed E-state index contributed by atoms with van der Waals surface area (Å²) < 4.78 is 14.9. The van der Waals surface area contributed by atoms with Gasteiger partial charge in [-0.3, -0.25) is 4.79 Å². The van der Waals surface area contributed by atoms with Crippen molar-refractivity contribution in [3.63, 3.8) is 0 Å². The van der Waals surface area contributed by atoms with Crippen LogP contribution in [0.25, 0.3) is 0 Å². The van der Waals surface area contributed by atoms with Gasteiger partial charge in [0.15, 0.2) is 0 Å². The number of nitriles is 1. The molecule has 0 radical (unpaired) electrons. The van der Waals surface area contributed by atoms with Crippen LogP contribution in [-0.4, -0.2) is 50.2 Å². The molecule has 0 aromatic rings. The third-order valence-electron chi connectivity index (χ3n) is 2.21. The maximum atomic E-state index is 11.3. The summed E-state index contributed by atoms with van der Waals surface area (Å²) >= 11 is 0. The standard InChI is InChI=1S/C12H21NO5/c1-4-17-12(15)10(6-13)5-11(14)8-18-9(2)7-16-3/h9-11,14H,4-5,7-8H2,1-3H3. The molecule has 0 rings (SSSR count). The van der Waals surface area contributed by atoms with E-state index in [1.807, 2.05) is 13.0 Å². The first-order valence-electron chi connectivity index (χ1n) is 5.89. The van der Waals surface area contributed by atoms with E-state index in [0.29, 0.717) is 6.61 Å². The van der Waals surface area contributed by atoms with Crippen LogP contribution in [-0.2, 0) is 19.0 Å². The Morgan fingerprint density at radius 2 is 2.11 bits per heavy atom. The highest BCUT2D eigenvalue weighted by Gasteiger charge is 2.23. The van der Waals surface area contributed by atoms with Crippen LogP contribution in [0.4, 0.5) is 0 Å². The quantitative estimate of drug-likeness (QED) is 0.606. The van der Waals surface area contributed by atoms with Crippen molar-refractivity contribution < 1.29 is 24.1 Å². The summed E-state index contributed by atoms with van der Waals surface area (Å²) in [6.07, 6.45) is -1.01. The summed E-state index contributed by atoms with van der Waals surface area (Å²) in [6.45, 7) is 4.17. The van der Waals surface area contributed by atoms with Crippen molar-refractivity contribution in [1.82, 2.24) is 0 Å². The van der Waals surface area contributed by atoms with E-state index in [2.05, 4.69) is 0 Å². The molecule has 0 bridgehead atoms. The number of esters is 1. The zero-order chi connectivity index (χ0) is 14.0. The fourth-order valence-electron chi connectivity index (χ4n) is 1.34. The lowest BCUT2D eigenvalue weighted by atomic mass is 10.0. The number of methoxy groups -OCH3 is 1. The van der Waals surface area contributed by atoms with Crippen LogP contribution in [0.2, 0.25) is 0 Å². The second-order valence-electron chi connectivity index (χ2n) is 3.92. The second kappa shape index (κ2) is 9.83. The fourth-order valence-corrected chi connectivity index (χ4v) is 1.34. The Labute approximate surface area is 107 Å². The molecule has 3 atom stereocenters. The van der Waals surface area contributed by atoms with Gasteiger partial charge in [0, 0.05) is 13.5 Å². The molecule has 104 valence electrons. The van der Waals surface area contributed by atoms with Crippen molar-refractivity contribution in [3.8, 4) is 6.07 Å². The van der Waals surface area contributed by atoms with Crippen LogP contribution >= 0.6 is 0 Å². The minimum atomic E-state index is -0.957. The average Bonchev–Trinajstić information content (AvgIpc) is 2.34. The molecule has 0 aromatic carbocycles. The van der Waals surface area contributed by atoms with Gasteiger partial charge in [-0.2, -0.15) is 5.26 Å². The molecule has 0 aliphatic carbocycles. The van der Waals surface area contributed by atoms with Crippen molar-refractivity contribution in [2.75, 3.05) is 26.9 Å². The molecule has 6 nitrogen and oxygen atoms in total. The normalized spacial score (nSPS) is 15.5. The van der Waals surface area contributed by atoms with Gasteiger partial charge in [0.05, 0.1) is 38.1 Å². The van der Waals surface area contributed by atoms with Crippen LogP contribution in [0.5, 0.6) is 0 Å². The van der Waals surface area contributed by atoms with Crippen molar-refractivity contribution in [2.45, 2.75) is 32.5 Å². The van der Waals surface area contributed by atoms with Crippen LogP contribution < -0.4 is 0 Å². The number of hydrogen-bond donors (Lipinski definition) is 1. The predicted molar refractivity (Wildman–Crippen MR) is 63.6 cm³/mol. The highest BCUT2D eigenvalue weighted by molar-refractivity contribution is 5.75. The highest BCUT2D eigenvalue weighted by atomic mass is 16.5. The summed E-state index contributed by atoms with van der Waals surface area (Å²) in [5, 5.41) is 18.5. The monoisotopic (exact) mass is 259 g/mol. The number of nitrogens with zero attached hydrogens (tertiary/aromatic N) is 1. The van der Waals surface area contributed by atoms with Gasteiger partial charge >= 0.3 is 5.97 Å². The fraction of sp³-hybridized carbons (Fsp3) is 0.833. The van der Waals surface area contributed by atoms with Crippen LogP contribution in [0.3, 0.4) is 0 Å². The lowest BCUT2D eigenvalue weighted by Crippen LogP contribution is -2.27. The number of aliphatic hydroxyl groups is 1. The largest absolute Gasteiger partial charge is 0.465 e. The van der Waals surface area contributed by atoms with Gasteiger partial charge in [-0.25, -0.2) is 0 Å². The van der Waals surface area contributed by atoms with Crippen molar-refractivity contribution >= 4 is 5.97 Å². The van der Waals surface area contributed by atoms with Gasteiger partial charge in [0.1, 0.15) is 5.92 Å². The lowest BCUT2D eigenvalue weighted by molar-refractivity contribution is -0.147. The molecular weight excluding hydrogens is 238 g/mol. The second-order valence-corrected chi connectivity index (χ2v) is 3.92. The van der Waals surface area contributed by atoms with Crippen LogP contribution in [0.15, 0.2) is 0 Å². The van der Waals surface area contributed by atoms with Gasteiger partial charge in [0.25, 0.3) is 0 Å². The molecule has 0 amide bonds. The first-order chi connectivity index (χ1) is 8.54. The van der Waals surface area contributed by atoms with Crippen LogP contribution in [0, 0.1) is 17.2 Å². The SMILES string of the molecule is CCOC(=O)C(C#N)CC(O)COC(C)COC. The van der Waals surface area contributed by atoms with Crippen LogP contribution in [0.1, 0.15) is 20.3 Å². The zero-order valence-corrected chi connectivity index (χ0v) is 11.1. The summed E-state index contributed by atoms with van der Waals surface area (Å²) in [5.74, 6) is -1.56. The minimum absolute atomic E-state index is 0.00896. The number of carbonyl (C=O) groups excluding carboxylic acids is 1. The first kappa shape index (κ1) is 16.8. The average molecular weight is 259 g/mol. The van der Waals surface area contributed by atoms with E-state index < -0.39 is 18.0 Å². The third kappa shape index (κ3) is 7.22. The van der Waals surface area contributed by atoms with Crippen molar-refractivity contribution in [3.05, 3.63) is 0 Å². The highest BCUT2D eigenvalue weighted by Crippen LogP contribution is 2.09. The molecule has 0 spiro atoms. The molecule has 6 heteroatoms. The summed E-state index contributed by atoms with van der Waals surface area (Å²) in [4.78, 5) is 11.3. The van der Waals surface area contributed by atoms with Gasteiger partial charge in [-0.05, 0) is 13.8 Å². The maximum Gasteiger partial charge on any atom is 0.323 e. The van der Waals surface area contributed by atoms with E-state index in [4.69, 9.17) is 19.5 Å². The number of rotatable bonds is 9. The van der Waals surface area contributed by atoms with Gasteiger partial charge in [-0.15, -0.1) is 0 Å². The Balaban J connectivity index is 4.01. The molecule has 0 saturated carbocycles. The van der Waals surface area contributed by atoms with E-state index in [1.54, 1.807) is 14.0 Å². The first-order valence-corrected chi connectivity index (χ1v) is 5.89. The maximum absolute atomic E-state index is 11.3. The Morgan fingerprint density at radius 3 is 2.61 bits per heavy atom. The Kier molecular flexibility index (Phi) is 9.19. The number of aliphatic hydroxyl groups excluding tert-OH is 1. The van der Waals surface area contributed by atoms with E-state index in [0.717, 1.165) is 0 Å². The molecular formula is C12H21NO5. The molecule has 0 aliphatic heterocycles. The number of carbonyl (C=O) groups is 1. The van der Waals surface area contributed by atoms with Gasteiger partial charge in [-0.1, -0.05) is 0 Å². The molecule has 0 heterocycles. The van der Waals surface area contributed by atoms with Crippen molar-refractivity contribution in [2.24, 2.45) is 5.92 Å². The Hall–Kier alpha value is -1.16. The molecule has 0 aromatic heterocycles. The zero-order valence-electron chi connectivity index (χ0n) is 11.1. The van der Waals surface area contributed by atoms with E-state index in [9.17, 15) is 9.90 Å². The number of hydrogen-bond acceptors (Lipinski definition) is 6. The molecule has 0 aliphatic rings.